The molecule has 4 rings (SSSR count). The fourth-order valence-electron chi connectivity index (χ4n) is 2.92. The zero-order valence-electron chi connectivity index (χ0n) is 12.8. The van der Waals surface area contributed by atoms with Crippen LogP contribution in [0.1, 0.15) is 16.8 Å². The summed E-state index contributed by atoms with van der Waals surface area (Å²) in [6, 6.07) is 9.77. The molecule has 1 amide bonds. The van der Waals surface area contributed by atoms with E-state index in [2.05, 4.69) is 10.2 Å². The number of benzene rings is 1. The van der Waals surface area contributed by atoms with Gasteiger partial charge in [0.25, 0.3) is 5.91 Å². The van der Waals surface area contributed by atoms with Gasteiger partial charge in [-0.05, 0) is 18.6 Å². The van der Waals surface area contributed by atoms with Crippen molar-refractivity contribution in [1.29, 1.82) is 0 Å². The molecule has 6 nitrogen and oxygen atoms in total. The maximum absolute atomic E-state index is 12.8. The number of carbonyl (C=O) groups excluding carboxylic acids is 1. The van der Waals surface area contributed by atoms with Gasteiger partial charge in [0.1, 0.15) is 11.3 Å². The zero-order chi connectivity index (χ0) is 15.8. The summed E-state index contributed by atoms with van der Waals surface area (Å²) in [4.78, 5) is 14.5. The molecule has 1 fully saturated rings. The molecule has 118 valence electrons. The lowest BCUT2D eigenvalue weighted by atomic mass is 10.1. The molecule has 6 heteroatoms. The molecule has 1 aromatic carbocycles. The molecule has 1 saturated heterocycles. The van der Waals surface area contributed by atoms with Crippen molar-refractivity contribution < 1.29 is 13.9 Å². The maximum atomic E-state index is 12.8. The third-order valence-corrected chi connectivity index (χ3v) is 4.32. The normalized spacial score (nSPS) is 17.7. The van der Waals surface area contributed by atoms with Crippen molar-refractivity contribution in [3.8, 4) is 11.5 Å². The molecule has 1 atom stereocenters. The summed E-state index contributed by atoms with van der Waals surface area (Å²) < 4.78 is 11.2. The number of likely N-dealkylation sites (N-methyl/N-ethyl adjacent to an activating group) is 1. The summed E-state index contributed by atoms with van der Waals surface area (Å²) in [7, 11) is 1.80. The second-order valence-electron chi connectivity index (χ2n) is 5.74. The Morgan fingerprint density at radius 3 is 3.04 bits per heavy atom. The Balaban J connectivity index is 1.68. The first-order valence-electron chi connectivity index (χ1n) is 7.61. The highest BCUT2D eigenvalue weighted by atomic mass is 16.5. The third-order valence-electron chi connectivity index (χ3n) is 4.32. The molecule has 3 aromatic rings. The summed E-state index contributed by atoms with van der Waals surface area (Å²) in [6.07, 6.45) is 2.41. The number of amides is 1. The number of aromatic nitrogens is 2. The molecule has 0 saturated carbocycles. The van der Waals surface area contributed by atoms with Crippen molar-refractivity contribution in [2.45, 2.75) is 12.5 Å². The largest absolute Gasteiger partial charge is 0.454 e. The van der Waals surface area contributed by atoms with Gasteiger partial charge in [0.2, 0.25) is 0 Å². The molecule has 1 N–H and O–H groups in total. The van der Waals surface area contributed by atoms with Crippen LogP contribution < -0.4 is 0 Å². The third kappa shape index (κ3) is 2.41. The average Bonchev–Trinajstić information content (AvgIpc) is 3.32. The molecule has 1 aliphatic rings. The first kappa shape index (κ1) is 14.0. The second-order valence-corrected chi connectivity index (χ2v) is 5.74. The van der Waals surface area contributed by atoms with Crippen LogP contribution in [0.15, 0.2) is 40.9 Å². The van der Waals surface area contributed by atoms with Gasteiger partial charge in [-0.2, -0.15) is 5.10 Å². The number of aromatic amines is 1. The Morgan fingerprint density at radius 2 is 2.26 bits per heavy atom. The number of rotatable bonds is 3. The molecule has 0 spiro atoms. The molecule has 2 aromatic heterocycles. The highest BCUT2D eigenvalue weighted by molar-refractivity contribution is 6.00. The summed E-state index contributed by atoms with van der Waals surface area (Å²) in [6.45, 7) is 1.28. The van der Waals surface area contributed by atoms with Crippen LogP contribution in [0.4, 0.5) is 0 Å². The molecule has 0 aliphatic carbocycles. The first-order chi connectivity index (χ1) is 11.2. The molecule has 0 bridgehead atoms. The molecule has 23 heavy (non-hydrogen) atoms. The van der Waals surface area contributed by atoms with E-state index in [0.29, 0.717) is 30.2 Å². The number of fused-ring (bicyclic) bond motifs is 1. The van der Waals surface area contributed by atoms with Crippen molar-refractivity contribution in [1.82, 2.24) is 15.1 Å². The SMILES string of the molecule is CN(C(=O)c1cn[nH]c1-c1cc2ccccc2o1)C1CCOC1. The Morgan fingerprint density at radius 1 is 1.39 bits per heavy atom. The number of ether oxygens (including phenoxy) is 1. The van der Waals surface area contributed by atoms with Gasteiger partial charge in [-0.1, -0.05) is 18.2 Å². The van der Waals surface area contributed by atoms with Gasteiger partial charge in [-0.3, -0.25) is 9.89 Å². The molecule has 1 aliphatic heterocycles. The monoisotopic (exact) mass is 311 g/mol. The fraction of sp³-hybridized carbons (Fsp3) is 0.294. The van der Waals surface area contributed by atoms with E-state index in [-0.39, 0.29) is 11.9 Å². The minimum absolute atomic E-state index is 0.0790. The number of furan rings is 1. The summed E-state index contributed by atoms with van der Waals surface area (Å²) >= 11 is 0. The van der Waals surface area contributed by atoms with Gasteiger partial charge >= 0.3 is 0 Å². The van der Waals surface area contributed by atoms with E-state index >= 15 is 0 Å². The van der Waals surface area contributed by atoms with Crippen LogP contribution >= 0.6 is 0 Å². The minimum atomic E-state index is -0.0790. The Kier molecular flexibility index (Phi) is 3.38. The van der Waals surface area contributed by atoms with E-state index in [1.54, 1.807) is 18.1 Å². The zero-order valence-corrected chi connectivity index (χ0v) is 12.8. The smallest absolute Gasteiger partial charge is 0.257 e. The summed E-state index contributed by atoms with van der Waals surface area (Å²) in [5.74, 6) is 0.535. The fourth-order valence-corrected chi connectivity index (χ4v) is 2.92. The van der Waals surface area contributed by atoms with Gasteiger partial charge < -0.3 is 14.1 Å². The highest BCUT2D eigenvalue weighted by Gasteiger charge is 2.28. The predicted octanol–water partition coefficient (Wildman–Crippen LogP) is 2.68. The number of hydrogen-bond donors (Lipinski definition) is 1. The van der Waals surface area contributed by atoms with Crippen molar-refractivity contribution >= 4 is 16.9 Å². The predicted molar refractivity (Wildman–Crippen MR) is 85.1 cm³/mol. The van der Waals surface area contributed by atoms with E-state index in [0.717, 1.165) is 17.4 Å². The number of H-pyrrole nitrogens is 1. The summed E-state index contributed by atoms with van der Waals surface area (Å²) in [5.41, 5.74) is 1.91. The molecule has 1 unspecified atom stereocenters. The van der Waals surface area contributed by atoms with Crippen LogP contribution in [-0.4, -0.2) is 47.3 Å². The number of hydrogen-bond acceptors (Lipinski definition) is 4. The van der Waals surface area contributed by atoms with E-state index in [9.17, 15) is 4.79 Å². The van der Waals surface area contributed by atoms with Gasteiger partial charge in [0.05, 0.1) is 24.4 Å². The lowest BCUT2D eigenvalue weighted by Crippen LogP contribution is -2.37. The molecule has 3 heterocycles. The Hall–Kier alpha value is -2.60. The lowest BCUT2D eigenvalue weighted by molar-refractivity contribution is 0.0712. The topological polar surface area (TPSA) is 71.4 Å². The molecular formula is C17H17N3O3. The minimum Gasteiger partial charge on any atom is -0.454 e. The van der Waals surface area contributed by atoms with Crippen molar-refractivity contribution in [2.24, 2.45) is 0 Å². The van der Waals surface area contributed by atoms with Crippen LogP contribution in [0, 0.1) is 0 Å². The van der Waals surface area contributed by atoms with Gasteiger partial charge in [0, 0.05) is 19.0 Å². The van der Waals surface area contributed by atoms with Gasteiger partial charge in [0.15, 0.2) is 5.76 Å². The standard InChI is InChI=1S/C17H17N3O3/c1-20(12-6-7-22-10-12)17(21)13-9-18-19-16(13)15-8-11-4-2-3-5-14(11)23-15/h2-5,8-9,12H,6-7,10H2,1H3,(H,18,19). The number of nitrogens with zero attached hydrogens (tertiary/aromatic N) is 2. The van der Waals surface area contributed by atoms with Crippen molar-refractivity contribution in [2.75, 3.05) is 20.3 Å². The number of para-hydroxylation sites is 1. The van der Waals surface area contributed by atoms with Crippen LogP contribution in [0.2, 0.25) is 0 Å². The van der Waals surface area contributed by atoms with E-state index in [4.69, 9.17) is 9.15 Å². The van der Waals surface area contributed by atoms with Crippen LogP contribution in [0.5, 0.6) is 0 Å². The average molecular weight is 311 g/mol. The number of nitrogens with one attached hydrogen (secondary N) is 1. The van der Waals surface area contributed by atoms with Gasteiger partial charge in [-0.25, -0.2) is 0 Å². The quantitative estimate of drug-likeness (QED) is 0.807. The summed E-state index contributed by atoms with van der Waals surface area (Å²) in [5, 5.41) is 7.92. The molecular weight excluding hydrogens is 294 g/mol. The van der Waals surface area contributed by atoms with Crippen molar-refractivity contribution in [3.05, 3.63) is 42.1 Å². The van der Waals surface area contributed by atoms with E-state index in [1.807, 2.05) is 30.3 Å². The Labute approximate surface area is 133 Å². The second kappa shape index (κ2) is 5.55. The first-order valence-corrected chi connectivity index (χ1v) is 7.61. The van der Waals surface area contributed by atoms with Gasteiger partial charge in [-0.15, -0.1) is 0 Å². The van der Waals surface area contributed by atoms with E-state index in [1.165, 1.54) is 0 Å². The van der Waals surface area contributed by atoms with Crippen LogP contribution in [0.3, 0.4) is 0 Å². The van der Waals surface area contributed by atoms with Crippen LogP contribution in [0.25, 0.3) is 22.4 Å². The van der Waals surface area contributed by atoms with Crippen molar-refractivity contribution in [3.63, 3.8) is 0 Å². The van der Waals surface area contributed by atoms with E-state index < -0.39 is 0 Å². The Bertz CT molecular complexity index is 813. The lowest BCUT2D eigenvalue weighted by Gasteiger charge is -2.22. The van der Waals surface area contributed by atoms with Crippen LogP contribution in [-0.2, 0) is 4.74 Å². The highest BCUT2D eigenvalue weighted by Crippen LogP contribution is 2.29. The maximum Gasteiger partial charge on any atom is 0.257 e. The number of carbonyl (C=O) groups is 1. The molecule has 0 radical (unpaired) electrons.